The lowest BCUT2D eigenvalue weighted by Gasteiger charge is -2.54. The second-order valence-corrected chi connectivity index (χ2v) is 13.3. The second-order valence-electron chi connectivity index (χ2n) is 12.5. The van der Waals surface area contributed by atoms with Gasteiger partial charge in [-0.1, -0.05) is 0 Å². The largest absolute Gasteiger partial charge is 0.496 e. The zero-order valence-electron chi connectivity index (χ0n) is 25.5. The molecule has 0 spiro atoms. The molecule has 2 aliphatic rings. The Labute approximate surface area is 258 Å². The average molecular weight is 597 g/mol. The molecule has 1 N–H and O–H groups in total. The Bertz CT molecular complexity index is 1680. The highest BCUT2D eigenvalue weighted by atomic mass is 32.1. The number of benzene rings is 1. The number of fused-ring (bicyclic) bond motifs is 3. The normalized spacial score (nSPS) is 15.6. The van der Waals surface area contributed by atoms with Gasteiger partial charge in [0, 0.05) is 41.4 Å². The number of thiophene rings is 1. The molecule has 0 saturated carbocycles. The van der Waals surface area contributed by atoms with Crippen LogP contribution in [0.25, 0.3) is 28.2 Å². The summed E-state index contributed by atoms with van der Waals surface area (Å²) in [7, 11) is 12.6. The van der Waals surface area contributed by atoms with Crippen molar-refractivity contribution in [2.45, 2.75) is 23.0 Å². The lowest BCUT2D eigenvalue weighted by atomic mass is 9.52. The fourth-order valence-corrected chi connectivity index (χ4v) is 6.35. The first-order chi connectivity index (χ1) is 20.3. The number of carbonyl (C=O) groups excluding carboxylic acids is 1. The first-order valence-corrected chi connectivity index (χ1v) is 15.0. The zero-order chi connectivity index (χ0) is 30.7. The molecule has 3 aromatic heterocycles. The van der Waals surface area contributed by atoms with E-state index >= 15 is 0 Å². The van der Waals surface area contributed by atoms with Crippen LogP contribution in [0.2, 0.25) is 0 Å². The SMILES string of the molecule is BC(B)(B)OCC1(N(C(=O)c2nn(-c3ccsc3)c3c2COc2cc(OC)c(-c4ccnn4C)cc2-3)C(B)(B)O)COC1. The maximum atomic E-state index is 14.6. The number of aryl methyl sites for hydroxylation is 1. The van der Waals surface area contributed by atoms with E-state index in [9.17, 15) is 9.90 Å². The summed E-state index contributed by atoms with van der Waals surface area (Å²) >= 11 is 1.54. The Morgan fingerprint density at radius 2 is 1.98 bits per heavy atom. The van der Waals surface area contributed by atoms with Crippen LogP contribution in [-0.2, 0) is 23.1 Å². The number of aliphatic hydroxyl groups is 1. The Hall–Kier alpha value is -3.39. The molecule has 1 fully saturated rings. The van der Waals surface area contributed by atoms with Crippen LogP contribution in [0.1, 0.15) is 16.1 Å². The molecular weight excluding hydrogens is 564 g/mol. The van der Waals surface area contributed by atoms with E-state index in [1.807, 2.05) is 65.6 Å². The molecule has 5 heterocycles. The molecule has 6 rings (SSSR count). The predicted molar refractivity (Wildman–Crippen MR) is 176 cm³/mol. The molecule has 0 radical (unpaired) electrons. The molecule has 218 valence electrons. The van der Waals surface area contributed by atoms with Gasteiger partial charge in [-0.05, 0) is 28.9 Å². The summed E-state index contributed by atoms with van der Waals surface area (Å²) in [5.41, 5.74) is 2.45. The minimum absolute atomic E-state index is 0.115. The van der Waals surface area contributed by atoms with Crippen LogP contribution >= 0.6 is 11.3 Å². The van der Waals surface area contributed by atoms with Gasteiger partial charge in [-0.2, -0.15) is 21.5 Å². The Morgan fingerprint density at radius 1 is 1.21 bits per heavy atom. The summed E-state index contributed by atoms with van der Waals surface area (Å²) in [5, 5.41) is 24.2. The number of aromatic nitrogens is 4. The van der Waals surface area contributed by atoms with E-state index < -0.39 is 22.3 Å². The highest BCUT2D eigenvalue weighted by Crippen LogP contribution is 2.46. The van der Waals surface area contributed by atoms with Crippen molar-refractivity contribution < 1.29 is 28.8 Å². The van der Waals surface area contributed by atoms with Crippen LogP contribution in [0, 0.1) is 0 Å². The van der Waals surface area contributed by atoms with Crippen molar-refractivity contribution in [1.82, 2.24) is 24.5 Å². The summed E-state index contributed by atoms with van der Waals surface area (Å²) in [5.74, 6) is 0.834. The first kappa shape index (κ1) is 29.7. The number of hydrogen-bond acceptors (Lipinski definition) is 9. The first-order valence-electron chi connectivity index (χ1n) is 14.1. The highest BCUT2D eigenvalue weighted by Gasteiger charge is 2.53. The molecule has 0 bridgehead atoms. The topological polar surface area (TPSA) is 113 Å². The quantitative estimate of drug-likeness (QED) is 0.167. The van der Waals surface area contributed by atoms with Gasteiger partial charge in [-0.25, -0.2) is 4.68 Å². The van der Waals surface area contributed by atoms with Gasteiger partial charge >= 0.3 is 0 Å². The molecule has 4 aromatic rings. The number of amides is 1. The van der Waals surface area contributed by atoms with E-state index in [1.165, 1.54) is 16.2 Å². The third-order valence-corrected chi connectivity index (χ3v) is 8.37. The molecule has 0 unspecified atom stereocenters. The van der Waals surface area contributed by atoms with Gasteiger partial charge in [0.1, 0.15) is 47.2 Å². The molecule has 43 heavy (non-hydrogen) atoms. The third kappa shape index (κ3) is 5.22. The van der Waals surface area contributed by atoms with E-state index in [1.54, 1.807) is 38.4 Å². The lowest BCUT2D eigenvalue weighted by Crippen LogP contribution is -2.74. The van der Waals surface area contributed by atoms with Gasteiger partial charge in [0.05, 0.1) is 49.5 Å². The fourth-order valence-electron chi connectivity index (χ4n) is 5.74. The van der Waals surface area contributed by atoms with E-state index in [0.717, 1.165) is 28.2 Å². The molecule has 2 aliphatic heterocycles. The van der Waals surface area contributed by atoms with Crippen LogP contribution in [-0.4, -0.2) is 118 Å². The number of nitrogens with zero attached hydrogens (tertiary/aromatic N) is 5. The van der Waals surface area contributed by atoms with Gasteiger partial charge in [0.2, 0.25) is 0 Å². The molecule has 1 amide bonds. The number of hydrogen-bond donors (Lipinski definition) is 1. The molecule has 17 heteroatoms. The smallest absolute Gasteiger partial charge is 0.276 e. The van der Waals surface area contributed by atoms with Gasteiger partial charge < -0.3 is 29.0 Å². The molecule has 1 saturated heterocycles. The number of methoxy groups -OCH3 is 1. The van der Waals surface area contributed by atoms with E-state index in [2.05, 4.69) is 5.10 Å². The Morgan fingerprint density at radius 3 is 2.53 bits per heavy atom. The van der Waals surface area contributed by atoms with Gasteiger partial charge in [0.15, 0.2) is 21.4 Å². The van der Waals surface area contributed by atoms with Crippen molar-refractivity contribution >= 4 is 56.5 Å². The summed E-state index contributed by atoms with van der Waals surface area (Å²) in [6, 6.07) is 7.73. The minimum atomic E-state index is -1.53. The molecule has 11 nitrogen and oxygen atoms in total. The number of rotatable bonds is 9. The Balaban J connectivity index is 1.52. The fraction of sp³-hybridized carbons (Fsp3) is 0.346. The van der Waals surface area contributed by atoms with Crippen molar-refractivity contribution in [3.8, 4) is 39.7 Å². The second kappa shape index (κ2) is 10.7. The average Bonchev–Trinajstić information content (AvgIpc) is 3.67. The summed E-state index contributed by atoms with van der Waals surface area (Å²) in [6.45, 7) is 0.787. The standard InChI is InChI=1S/C26H32B5N5O6S/c1-34-18(3-5-32-34)15-7-16-20(8-19(15)39-2)41-9-17-21(33-35(22(16)17)14-4-6-43-10-14)23(37)36(26(30,31)38)24(11-40-12-24)13-42-25(27,28)29/h3-8,10,38H,9,11-13,27-31H2,1-2H3. The molecular formula is C26H32B5N5O6S. The van der Waals surface area contributed by atoms with E-state index in [-0.39, 0.29) is 32.1 Å². The predicted octanol–water partition coefficient (Wildman–Crippen LogP) is -2.49. The lowest BCUT2D eigenvalue weighted by molar-refractivity contribution is -0.185. The third-order valence-electron chi connectivity index (χ3n) is 7.70. The van der Waals surface area contributed by atoms with Crippen LogP contribution in [0.5, 0.6) is 11.5 Å². The van der Waals surface area contributed by atoms with Crippen LogP contribution in [0.3, 0.4) is 0 Å². The maximum Gasteiger partial charge on any atom is 0.276 e. The molecule has 1 aromatic carbocycles. The highest BCUT2D eigenvalue weighted by molar-refractivity contribution is 7.08. The monoisotopic (exact) mass is 597 g/mol. The summed E-state index contributed by atoms with van der Waals surface area (Å²) in [6.07, 6.45) is 1.73. The van der Waals surface area contributed by atoms with Gasteiger partial charge in [-0.15, -0.1) is 0 Å². The van der Waals surface area contributed by atoms with Gasteiger partial charge in [0.25, 0.3) is 5.91 Å². The number of carbonyl (C=O) groups is 1. The van der Waals surface area contributed by atoms with Crippen LogP contribution in [0.15, 0.2) is 41.2 Å². The summed E-state index contributed by atoms with van der Waals surface area (Å²) < 4.78 is 27.3. The van der Waals surface area contributed by atoms with E-state index in [4.69, 9.17) is 24.0 Å². The minimum Gasteiger partial charge on any atom is -0.496 e. The Kier molecular flexibility index (Phi) is 7.35. The van der Waals surface area contributed by atoms with Crippen molar-refractivity contribution in [3.05, 3.63) is 52.5 Å². The van der Waals surface area contributed by atoms with Crippen LogP contribution < -0.4 is 9.47 Å². The molecule has 0 atom stereocenters. The van der Waals surface area contributed by atoms with Crippen molar-refractivity contribution in [2.24, 2.45) is 7.05 Å². The van der Waals surface area contributed by atoms with Crippen molar-refractivity contribution in [3.63, 3.8) is 0 Å². The molecule has 0 aliphatic carbocycles. The van der Waals surface area contributed by atoms with Crippen molar-refractivity contribution in [2.75, 3.05) is 26.9 Å². The van der Waals surface area contributed by atoms with Gasteiger partial charge in [-0.3, -0.25) is 9.48 Å². The number of ether oxygens (including phenoxy) is 4. The zero-order valence-corrected chi connectivity index (χ0v) is 26.3. The van der Waals surface area contributed by atoms with E-state index in [0.29, 0.717) is 17.1 Å². The maximum absolute atomic E-state index is 14.6. The van der Waals surface area contributed by atoms with Crippen molar-refractivity contribution in [1.29, 1.82) is 0 Å². The van der Waals surface area contributed by atoms with Crippen LogP contribution in [0.4, 0.5) is 0 Å². The summed E-state index contributed by atoms with van der Waals surface area (Å²) in [4.78, 5) is 16.1.